The molecule has 1 aliphatic rings. The van der Waals surface area contributed by atoms with Gasteiger partial charge in [-0.05, 0) is 72.2 Å². The van der Waals surface area contributed by atoms with E-state index in [4.69, 9.17) is 4.74 Å². The lowest BCUT2D eigenvalue weighted by Gasteiger charge is -2.26. The molecule has 190 valence electrons. The number of nitrogens with one attached hydrogen (secondary N) is 1. The first kappa shape index (κ1) is 25.1. The molecule has 3 aromatic carbocycles. The van der Waals surface area contributed by atoms with Crippen LogP contribution in [0.1, 0.15) is 55.3 Å². The van der Waals surface area contributed by atoms with Gasteiger partial charge < -0.3 is 10.1 Å². The fraction of sp³-hybridized carbons (Fsp3) is 0.300. The number of thioether (sulfide) groups is 1. The van der Waals surface area contributed by atoms with Crippen molar-refractivity contribution < 1.29 is 9.53 Å². The topological polar surface area (TPSA) is 69.0 Å². The number of methoxy groups -OCH3 is 1. The number of carbonyl (C=O) groups is 1. The molecule has 1 amide bonds. The van der Waals surface area contributed by atoms with Gasteiger partial charge in [0.1, 0.15) is 5.75 Å². The highest BCUT2D eigenvalue weighted by Gasteiger charge is 2.23. The number of ether oxygens (including phenoxy) is 1. The second-order valence-electron chi connectivity index (χ2n) is 9.58. The number of hydrogen-bond acceptors (Lipinski definition) is 5. The van der Waals surface area contributed by atoms with Crippen molar-refractivity contribution in [1.29, 1.82) is 0 Å². The number of hydrogen-bond donors (Lipinski definition) is 1. The van der Waals surface area contributed by atoms with Crippen LogP contribution in [0.5, 0.6) is 5.75 Å². The van der Waals surface area contributed by atoms with Crippen molar-refractivity contribution in [2.45, 2.75) is 50.2 Å². The molecule has 1 atom stereocenters. The van der Waals surface area contributed by atoms with Gasteiger partial charge in [-0.1, -0.05) is 68.1 Å². The third-order valence-corrected chi connectivity index (χ3v) is 7.75. The number of aromatic nitrogens is 3. The Morgan fingerprint density at radius 2 is 1.81 bits per heavy atom. The number of fused-ring (bicyclic) bond motifs is 1. The van der Waals surface area contributed by atoms with E-state index in [1.807, 2.05) is 36.4 Å². The monoisotopic (exact) mass is 512 g/mol. The molecule has 1 N–H and O–H groups in total. The van der Waals surface area contributed by atoms with Crippen molar-refractivity contribution in [2.24, 2.45) is 0 Å². The van der Waals surface area contributed by atoms with Gasteiger partial charge in [-0.15, -0.1) is 10.2 Å². The maximum atomic E-state index is 13.1. The first-order valence-corrected chi connectivity index (χ1v) is 13.7. The molecule has 4 aromatic rings. The normalized spacial score (nSPS) is 14.9. The molecule has 0 aliphatic heterocycles. The van der Waals surface area contributed by atoms with E-state index in [2.05, 4.69) is 70.3 Å². The smallest absolute Gasteiger partial charge is 0.230 e. The lowest BCUT2D eigenvalue weighted by Crippen LogP contribution is -2.32. The summed E-state index contributed by atoms with van der Waals surface area (Å²) in [5.41, 5.74) is 5.73. The number of aryl methyl sites for hydroxylation is 1. The van der Waals surface area contributed by atoms with Gasteiger partial charge in [-0.25, -0.2) is 0 Å². The summed E-state index contributed by atoms with van der Waals surface area (Å²) >= 11 is 1.42. The number of para-hydroxylation sites is 1. The summed E-state index contributed by atoms with van der Waals surface area (Å²) in [5.74, 6) is 2.11. The minimum Gasteiger partial charge on any atom is -0.497 e. The van der Waals surface area contributed by atoms with E-state index in [0.29, 0.717) is 11.1 Å². The summed E-state index contributed by atoms with van der Waals surface area (Å²) in [4.78, 5) is 13.1. The van der Waals surface area contributed by atoms with Gasteiger partial charge >= 0.3 is 0 Å². The molecule has 1 heterocycles. The van der Waals surface area contributed by atoms with Crippen LogP contribution in [-0.4, -0.2) is 33.5 Å². The van der Waals surface area contributed by atoms with Gasteiger partial charge in [0, 0.05) is 5.56 Å². The van der Waals surface area contributed by atoms with Crippen molar-refractivity contribution in [3.05, 3.63) is 89.5 Å². The van der Waals surface area contributed by atoms with E-state index in [1.54, 1.807) is 7.11 Å². The Kier molecular flexibility index (Phi) is 7.60. The maximum absolute atomic E-state index is 13.1. The summed E-state index contributed by atoms with van der Waals surface area (Å²) in [6.45, 7) is 4.36. The third kappa shape index (κ3) is 5.42. The van der Waals surface area contributed by atoms with Gasteiger partial charge in [0.25, 0.3) is 0 Å². The molecular weight excluding hydrogens is 480 g/mol. The Bertz CT molecular complexity index is 1380. The van der Waals surface area contributed by atoms with E-state index in [1.165, 1.54) is 28.5 Å². The molecule has 0 saturated carbocycles. The first-order chi connectivity index (χ1) is 18.0. The Morgan fingerprint density at radius 1 is 1.05 bits per heavy atom. The van der Waals surface area contributed by atoms with E-state index < -0.39 is 0 Å². The zero-order valence-electron chi connectivity index (χ0n) is 21.5. The molecule has 1 aromatic heterocycles. The van der Waals surface area contributed by atoms with Crippen molar-refractivity contribution in [2.75, 3.05) is 12.9 Å². The van der Waals surface area contributed by atoms with Gasteiger partial charge in [-0.2, -0.15) is 0 Å². The molecule has 6 nitrogen and oxygen atoms in total. The standard InChI is InChI=1S/C30H32N4O2S/c1-20(2)24-11-6-7-14-27(24)34-29(22-15-17-23(36-3)18-16-22)32-33-30(34)37-19-28(35)31-26-13-8-10-21-9-4-5-12-25(21)26/h4-7,9,11-12,14-18,20,26H,8,10,13,19H2,1-3H3,(H,31,35). The largest absolute Gasteiger partial charge is 0.497 e. The van der Waals surface area contributed by atoms with Crippen LogP contribution in [0.15, 0.2) is 78.0 Å². The maximum Gasteiger partial charge on any atom is 0.230 e. The molecule has 1 aliphatic carbocycles. The quantitative estimate of drug-likeness (QED) is 0.279. The Hall–Kier alpha value is -3.58. The summed E-state index contributed by atoms with van der Waals surface area (Å²) in [7, 11) is 1.65. The lowest BCUT2D eigenvalue weighted by atomic mass is 9.88. The predicted octanol–water partition coefficient (Wildman–Crippen LogP) is 6.35. The zero-order valence-corrected chi connectivity index (χ0v) is 22.3. The molecular formula is C30H32N4O2S. The zero-order chi connectivity index (χ0) is 25.8. The Morgan fingerprint density at radius 3 is 2.59 bits per heavy atom. The van der Waals surface area contributed by atoms with Crippen LogP contribution in [0.4, 0.5) is 0 Å². The fourth-order valence-corrected chi connectivity index (χ4v) is 5.71. The van der Waals surface area contributed by atoms with Crippen LogP contribution < -0.4 is 10.1 Å². The van der Waals surface area contributed by atoms with Gasteiger partial charge in [0.15, 0.2) is 11.0 Å². The molecule has 7 heteroatoms. The SMILES string of the molecule is COc1ccc(-c2nnc(SCC(=O)NC3CCCc4ccccc43)n2-c2ccccc2C(C)C)cc1. The highest BCUT2D eigenvalue weighted by atomic mass is 32.2. The van der Waals surface area contributed by atoms with Crippen molar-refractivity contribution in [1.82, 2.24) is 20.1 Å². The molecule has 5 rings (SSSR count). The number of rotatable bonds is 8. The van der Waals surface area contributed by atoms with Crippen molar-refractivity contribution in [3.8, 4) is 22.8 Å². The molecule has 1 unspecified atom stereocenters. The van der Waals surface area contributed by atoms with Crippen LogP contribution in [0.3, 0.4) is 0 Å². The summed E-state index contributed by atoms with van der Waals surface area (Å²) < 4.78 is 7.41. The van der Waals surface area contributed by atoms with Gasteiger partial charge in [0.2, 0.25) is 5.91 Å². The first-order valence-electron chi connectivity index (χ1n) is 12.7. The second kappa shape index (κ2) is 11.2. The summed E-state index contributed by atoms with van der Waals surface area (Å²) in [5, 5.41) is 13.0. The highest BCUT2D eigenvalue weighted by Crippen LogP contribution is 2.33. The van der Waals surface area contributed by atoms with E-state index in [9.17, 15) is 4.79 Å². The molecule has 0 fully saturated rings. The molecule has 0 bridgehead atoms. The van der Waals surface area contributed by atoms with Crippen LogP contribution >= 0.6 is 11.8 Å². The number of amides is 1. The summed E-state index contributed by atoms with van der Waals surface area (Å²) in [6.07, 6.45) is 3.12. The summed E-state index contributed by atoms with van der Waals surface area (Å²) in [6, 6.07) is 24.6. The van der Waals surface area contributed by atoms with Crippen molar-refractivity contribution >= 4 is 17.7 Å². The molecule has 37 heavy (non-hydrogen) atoms. The van der Waals surface area contributed by atoms with Gasteiger partial charge in [0.05, 0.1) is 24.6 Å². The molecule has 0 saturated heterocycles. The highest BCUT2D eigenvalue weighted by molar-refractivity contribution is 7.99. The van der Waals surface area contributed by atoms with E-state index in [-0.39, 0.29) is 17.7 Å². The number of carbonyl (C=O) groups excluding carboxylic acids is 1. The van der Waals surface area contributed by atoms with Crippen molar-refractivity contribution in [3.63, 3.8) is 0 Å². The average molecular weight is 513 g/mol. The van der Waals surface area contributed by atoms with Crippen LogP contribution in [0, 0.1) is 0 Å². The van der Waals surface area contributed by atoms with E-state index in [0.717, 1.165) is 42.1 Å². The lowest BCUT2D eigenvalue weighted by molar-refractivity contribution is -0.119. The minimum absolute atomic E-state index is 0.00407. The minimum atomic E-state index is 0.00407. The molecule has 0 radical (unpaired) electrons. The van der Waals surface area contributed by atoms with Crippen LogP contribution in [-0.2, 0) is 11.2 Å². The third-order valence-electron chi connectivity index (χ3n) is 6.82. The average Bonchev–Trinajstić information content (AvgIpc) is 3.36. The van der Waals surface area contributed by atoms with Gasteiger partial charge in [-0.3, -0.25) is 9.36 Å². The predicted molar refractivity (Wildman–Crippen MR) is 148 cm³/mol. The Balaban J connectivity index is 1.42. The Labute approximate surface area is 222 Å². The molecule has 0 spiro atoms. The number of benzene rings is 3. The van der Waals surface area contributed by atoms with Crippen LogP contribution in [0.25, 0.3) is 17.1 Å². The van der Waals surface area contributed by atoms with E-state index >= 15 is 0 Å². The fourth-order valence-electron chi connectivity index (χ4n) is 4.96. The van der Waals surface area contributed by atoms with Crippen LogP contribution in [0.2, 0.25) is 0 Å². The second-order valence-corrected chi connectivity index (χ2v) is 10.5. The number of nitrogens with zero attached hydrogens (tertiary/aromatic N) is 3.